The van der Waals surface area contributed by atoms with E-state index in [2.05, 4.69) is 23.7 Å². The number of thiophene rings is 1. The topological polar surface area (TPSA) is 29.0 Å². The second-order valence-electron chi connectivity index (χ2n) is 5.34. The first kappa shape index (κ1) is 14.1. The second kappa shape index (κ2) is 5.86. The monoisotopic (exact) mass is 309 g/mol. The molecule has 2 heterocycles. The summed E-state index contributed by atoms with van der Waals surface area (Å²) in [6, 6.07) is 0. The quantitative estimate of drug-likeness (QED) is 0.764. The number of halogens is 1. The van der Waals surface area contributed by atoms with Gasteiger partial charge in [0.15, 0.2) is 0 Å². The molecule has 0 spiro atoms. The van der Waals surface area contributed by atoms with Crippen molar-refractivity contribution in [3.05, 3.63) is 15.6 Å². The Balaban J connectivity index is 2.05. The van der Waals surface area contributed by atoms with Crippen LogP contribution in [0.25, 0.3) is 10.2 Å². The molecule has 0 aromatic carbocycles. The minimum absolute atomic E-state index is 0.640. The van der Waals surface area contributed by atoms with Gasteiger partial charge >= 0.3 is 0 Å². The van der Waals surface area contributed by atoms with Gasteiger partial charge in [0.25, 0.3) is 0 Å². The predicted octanol–water partition coefficient (Wildman–Crippen LogP) is 4.46. The Bertz CT molecular complexity index is 617. The van der Waals surface area contributed by atoms with Crippen molar-refractivity contribution in [3.8, 4) is 0 Å². The summed E-state index contributed by atoms with van der Waals surface area (Å²) in [7, 11) is 0. The highest BCUT2D eigenvalue weighted by Gasteiger charge is 2.22. The van der Waals surface area contributed by atoms with Crippen molar-refractivity contribution in [3.63, 3.8) is 0 Å². The SMILES string of the molecule is CCCN(CCC)c1nc(Cl)c2c3c(sc2n1)CCC3. The van der Waals surface area contributed by atoms with E-state index in [1.165, 1.54) is 23.3 Å². The summed E-state index contributed by atoms with van der Waals surface area (Å²) < 4.78 is 0. The number of fused-ring (bicyclic) bond motifs is 3. The zero-order chi connectivity index (χ0) is 14.1. The van der Waals surface area contributed by atoms with E-state index < -0.39 is 0 Å². The van der Waals surface area contributed by atoms with Gasteiger partial charge in [-0.2, -0.15) is 0 Å². The summed E-state index contributed by atoms with van der Waals surface area (Å²) in [4.78, 5) is 14.1. The van der Waals surface area contributed by atoms with Crippen LogP contribution in [-0.2, 0) is 12.8 Å². The Labute approximate surface area is 129 Å². The second-order valence-corrected chi connectivity index (χ2v) is 6.78. The van der Waals surface area contributed by atoms with Gasteiger partial charge in [-0.15, -0.1) is 11.3 Å². The largest absolute Gasteiger partial charge is 0.341 e. The van der Waals surface area contributed by atoms with Gasteiger partial charge in [0.1, 0.15) is 9.98 Å². The van der Waals surface area contributed by atoms with Crippen LogP contribution in [0.5, 0.6) is 0 Å². The van der Waals surface area contributed by atoms with Crippen LogP contribution >= 0.6 is 22.9 Å². The van der Waals surface area contributed by atoms with Crippen molar-refractivity contribution in [2.45, 2.75) is 46.0 Å². The maximum atomic E-state index is 6.46. The molecule has 20 heavy (non-hydrogen) atoms. The van der Waals surface area contributed by atoms with Gasteiger partial charge in [-0.25, -0.2) is 9.97 Å². The van der Waals surface area contributed by atoms with Gasteiger partial charge < -0.3 is 4.90 Å². The van der Waals surface area contributed by atoms with E-state index in [0.29, 0.717) is 5.15 Å². The molecule has 2 aromatic rings. The summed E-state index contributed by atoms with van der Waals surface area (Å²) in [6.45, 7) is 6.34. The number of rotatable bonds is 5. The van der Waals surface area contributed by atoms with Gasteiger partial charge in [-0.1, -0.05) is 25.4 Å². The van der Waals surface area contributed by atoms with Crippen LogP contribution in [0.15, 0.2) is 0 Å². The van der Waals surface area contributed by atoms with Crippen LogP contribution < -0.4 is 4.90 Å². The number of aryl methyl sites for hydroxylation is 2. The maximum Gasteiger partial charge on any atom is 0.228 e. The van der Waals surface area contributed by atoms with E-state index in [-0.39, 0.29) is 0 Å². The lowest BCUT2D eigenvalue weighted by Gasteiger charge is -2.21. The van der Waals surface area contributed by atoms with Crippen molar-refractivity contribution < 1.29 is 0 Å². The Hall–Kier alpha value is -0.870. The maximum absolute atomic E-state index is 6.46. The molecular formula is C15H20ClN3S. The molecule has 0 fully saturated rings. The highest BCUT2D eigenvalue weighted by molar-refractivity contribution is 7.19. The Morgan fingerprint density at radius 3 is 2.60 bits per heavy atom. The van der Waals surface area contributed by atoms with Gasteiger partial charge in [0.05, 0.1) is 5.39 Å². The van der Waals surface area contributed by atoms with E-state index in [9.17, 15) is 0 Å². The third kappa shape index (κ3) is 2.40. The molecule has 3 nitrogen and oxygen atoms in total. The van der Waals surface area contributed by atoms with Crippen LogP contribution in [0, 0.1) is 0 Å². The average molecular weight is 310 g/mol. The molecule has 0 saturated heterocycles. The third-order valence-electron chi connectivity index (χ3n) is 3.78. The highest BCUT2D eigenvalue weighted by atomic mass is 35.5. The molecule has 5 heteroatoms. The summed E-state index contributed by atoms with van der Waals surface area (Å²) in [5, 5.41) is 1.75. The molecule has 0 atom stereocenters. The minimum Gasteiger partial charge on any atom is -0.341 e. The Morgan fingerprint density at radius 1 is 1.15 bits per heavy atom. The number of hydrogen-bond acceptors (Lipinski definition) is 4. The van der Waals surface area contributed by atoms with Gasteiger partial charge in [0.2, 0.25) is 5.95 Å². The average Bonchev–Trinajstić information content (AvgIpc) is 2.98. The Kier molecular flexibility index (Phi) is 4.13. The van der Waals surface area contributed by atoms with E-state index in [0.717, 1.165) is 48.5 Å². The first-order valence-electron chi connectivity index (χ1n) is 7.47. The lowest BCUT2D eigenvalue weighted by Crippen LogP contribution is -2.26. The zero-order valence-electron chi connectivity index (χ0n) is 12.1. The number of anilines is 1. The molecular weight excluding hydrogens is 290 g/mol. The van der Waals surface area contributed by atoms with Gasteiger partial charge in [0, 0.05) is 18.0 Å². The minimum atomic E-state index is 0.640. The number of aromatic nitrogens is 2. The van der Waals surface area contributed by atoms with Crippen LogP contribution in [-0.4, -0.2) is 23.1 Å². The standard InChI is InChI=1S/C15H20ClN3S/c1-3-8-19(9-4-2)15-17-13(16)12-10-6-5-7-11(10)20-14(12)18-15/h3-9H2,1-2H3. The normalized spacial score (nSPS) is 13.9. The fourth-order valence-electron chi connectivity index (χ4n) is 2.93. The molecule has 3 rings (SSSR count). The molecule has 0 bridgehead atoms. The summed E-state index contributed by atoms with van der Waals surface area (Å²) in [5.74, 6) is 0.797. The molecule has 0 aliphatic heterocycles. The molecule has 1 aliphatic rings. The summed E-state index contributed by atoms with van der Waals surface area (Å²) in [5.41, 5.74) is 1.40. The molecule has 2 aromatic heterocycles. The van der Waals surface area contributed by atoms with Crippen LogP contribution in [0.4, 0.5) is 5.95 Å². The van der Waals surface area contributed by atoms with Crippen molar-refractivity contribution in [1.29, 1.82) is 0 Å². The van der Waals surface area contributed by atoms with Crippen molar-refractivity contribution in [2.24, 2.45) is 0 Å². The van der Waals surface area contributed by atoms with Crippen LogP contribution in [0.2, 0.25) is 5.15 Å². The molecule has 0 unspecified atom stereocenters. The first-order chi connectivity index (χ1) is 9.74. The van der Waals surface area contributed by atoms with Gasteiger partial charge in [-0.3, -0.25) is 0 Å². The number of hydrogen-bond donors (Lipinski definition) is 0. The molecule has 108 valence electrons. The summed E-state index contributed by atoms with van der Waals surface area (Å²) >= 11 is 8.27. The third-order valence-corrected chi connectivity index (χ3v) is 5.24. The van der Waals surface area contributed by atoms with Gasteiger partial charge in [-0.05, 0) is 37.7 Å². The zero-order valence-corrected chi connectivity index (χ0v) is 13.7. The van der Waals surface area contributed by atoms with E-state index in [1.807, 2.05) is 0 Å². The fraction of sp³-hybridized carbons (Fsp3) is 0.600. The molecule has 0 N–H and O–H groups in total. The van der Waals surface area contributed by atoms with Crippen LogP contribution in [0.3, 0.4) is 0 Å². The predicted molar refractivity (Wildman–Crippen MR) is 87.2 cm³/mol. The van der Waals surface area contributed by atoms with Crippen LogP contribution in [0.1, 0.15) is 43.6 Å². The van der Waals surface area contributed by atoms with Crippen molar-refractivity contribution in [1.82, 2.24) is 9.97 Å². The van der Waals surface area contributed by atoms with Crippen molar-refractivity contribution >= 4 is 39.1 Å². The number of nitrogens with zero attached hydrogens (tertiary/aromatic N) is 3. The molecule has 0 radical (unpaired) electrons. The molecule has 0 amide bonds. The lowest BCUT2D eigenvalue weighted by molar-refractivity contribution is 0.724. The Morgan fingerprint density at radius 2 is 1.90 bits per heavy atom. The highest BCUT2D eigenvalue weighted by Crippen LogP contribution is 2.39. The fourth-order valence-corrected chi connectivity index (χ4v) is 4.53. The van der Waals surface area contributed by atoms with E-state index in [1.54, 1.807) is 11.3 Å². The summed E-state index contributed by atoms with van der Waals surface area (Å²) in [6.07, 6.45) is 5.74. The van der Waals surface area contributed by atoms with Crippen molar-refractivity contribution in [2.75, 3.05) is 18.0 Å². The lowest BCUT2D eigenvalue weighted by atomic mass is 10.2. The molecule has 1 aliphatic carbocycles. The smallest absolute Gasteiger partial charge is 0.228 e. The molecule has 0 saturated carbocycles. The van der Waals surface area contributed by atoms with E-state index >= 15 is 0 Å². The van der Waals surface area contributed by atoms with E-state index in [4.69, 9.17) is 16.6 Å². The first-order valence-corrected chi connectivity index (χ1v) is 8.66.